The summed E-state index contributed by atoms with van der Waals surface area (Å²) in [5.74, 6) is -1.08. The summed E-state index contributed by atoms with van der Waals surface area (Å²) in [6.45, 7) is 0. The van der Waals surface area contributed by atoms with Gasteiger partial charge >= 0.3 is 0 Å². The molecule has 0 radical (unpaired) electrons. The second-order valence-electron chi connectivity index (χ2n) is 5.00. The van der Waals surface area contributed by atoms with Crippen molar-refractivity contribution in [3.63, 3.8) is 0 Å². The van der Waals surface area contributed by atoms with E-state index in [4.69, 9.17) is 6.42 Å². The average molecular weight is 428 g/mol. The molecular weight excluding hydrogens is 416 g/mol. The number of hydrogen-bond acceptors (Lipinski definition) is 1. The zero-order chi connectivity index (χ0) is 17.0. The molecule has 2 aromatic carbocycles. The van der Waals surface area contributed by atoms with Crippen molar-refractivity contribution in [2.75, 3.05) is 0 Å². The van der Waals surface area contributed by atoms with Gasteiger partial charge in [-0.05, 0) is 52.4 Å². The smallest absolute Gasteiger partial charge is 0.193 e. The predicted molar refractivity (Wildman–Crippen MR) is 90.7 cm³/mol. The van der Waals surface area contributed by atoms with Crippen molar-refractivity contribution in [1.82, 2.24) is 0 Å². The zero-order valence-electron chi connectivity index (χ0n) is 11.9. The molecule has 1 nitrogen and oxygen atoms in total. The number of carbonyl (C=O) groups is 1. The van der Waals surface area contributed by atoms with Crippen molar-refractivity contribution < 1.29 is 18.0 Å². The summed E-state index contributed by atoms with van der Waals surface area (Å²) >= 11 is 1.57. The molecule has 0 N–H and O–H groups in total. The lowest BCUT2D eigenvalue weighted by Gasteiger charge is -2.24. The molecule has 23 heavy (non-hydrogen) atoms. The maximum Gasteiger partial charge on any atom is 0.193 e. The summed E-state index contributed by atoms with van der Waals surface area (Å²) in [7, 11) is 0. The normalized spacial score (nSPS) is 13.2. The standard InChI is InChI=1S/C18H12F3IO/c1-2-13(11-6-8-12(19)9-7-11)14(10-17(22)23)18-15(20)4-3-5-16(18)21/h1,3-9,13-14H,10H2. The number of terminal acetylenes is 1. The summed E-state index contributed by atoms with van der Waals surface area (Å²) in [5, 5.41) is 0. The summed E-state index contributed by atoms with van der Waals surface area (Å²) < 4.78 is 41.1. The molecule has 2 rings (SSSR count). The predicted octanol–water partition coefficient (Wildman–Crippen LogP) is 4.96. The zero-order valence-corrected chi connectivity index (χ0v) is 14.1. The highest BCUT2D eigenvalue weighted by molar-refractivity contribution is 14.1. The number of halogens is 4. The van der Waals surface area contributed by atoms with E-state index in [0.29, 0.717) is 5.56 Å². The SMILES string of the molecule is C#CC(c1ccc(F)cc1)C(CC(=O)I)c1c(F)cccc1F. The first-order valence-electron chi connectivity index (χ1n) is 6.78. The minimum atomic E-state index is -0.865. The highest BCUT2D eigenvalue weighted by Crippen LogP contribution is 2.38. The number of hydrogen-bond donors (Lipinski definition) is 0. The number of rotatable bonds is 5. The van der Waals surface area contributed by atoms with Crippen LogP contribution in [0, 0.1) is 29.8 Å². The van der Waals surface area contributed by atoms with Gasteiger partial charge in [0.05, 0.1) is 5.92 Å². The van der Waals surface area contributed by atoms with E-state index >= 15 is 0 Å². The van der Waals surface area contributed by atoms with Crippen LogP contribution in [0.25, 0.3) is 0 Å². The first-order valence-corrected chi connectivity index (χ1v) is 7.85. The Labute approximate surface area is 146 Å². The second kappa shape index (κ2) is 7.64. The lowest BCUT2D eigenvalue weighted by atomic mass is 9.79. The Balaban J connectivity index is 2.55. The van der Waals surface area contributed by atoms with E-state index in [9.17, 15) is 18.0 Å². The van der Waals surface area contributed by atoms with Crippen LogP contribution in [0.2, 0.25) is 0 Å². The van der Waals surface area contributed by atoms with Gasteiger partial charge in [0.2, 0.25) is 0 Å². The molecule has 0 aromatic heterocycles. The molecule has 5 heteroatoms. The summed E-state index contributed by atoms with van der Waals surface area (Å²) in [6.07, 6.45) is 5.43. The lowest BCUT2D eigenvalue weighted by molar-refractivity contribution is -0.109. The molecule has 0 amide bonds. The summed E-state index contributed by atoms with van der Waals surface area (Å²) in [5.41, 5.74) is 0.309. The highest BCUT2D eigenvalue weighted by atomic mass is 127. The minimum Gasteiger partial charge on any atom is -0.288 e. The van der Waals surface area contributed by atoms with E-state index in [-0.39, 0.29) is 15.8 Å². The molecule has 0 fully saturated rings. The molecule has 0 aliphatic carbocycles. The summed E-state index contributed by atoms with van der Waals surface area (Å²) in [6, 6.07) is 8.87. The van der Waals surface area contributed by atoms with Crippen molar-refractivity contribution in [1.29, 1.82) is 0 Å². The molecule has 0 saturated heterocycles. The third-order valence-electron chi connectivity index (χ3n) is 3.56. The van der Waals surface area contributed by atoms with E-state index in [0.717, 1.165) is 12.1 Å². The fourth-order valence-electron chi connectivity index (χ4n) is 2.54. The molecule has 118 valence electrons. The van der Waals surface area contributed by atoms with Crippen LogP contribution in [0.3, 0.4) is 0 Å². The monoisotopic (exact) mass is 428 g/mol. The van der Waals surface area contributed by atoms with Gasteiger partial charge in [-0.15, -0.1) is 6.42 Å². The van der Waals surface area contributed by atoms with Crippen molar-refractivity contribution in [3.8, 4) is 12.3 Å². The van der Waals surface area contributed by atoms with Crippen molar-refractivity contribution in [2.24, 2.45) is 0 Å². The maximum absolute atomic E-state index is 14.1. The molecular formula is C18H12F3IO. The summed E-state index contributed by atoms with van der Waals surface area (Å²) in [4.78, 5) is 11.6. The quantitative estimate of drug-likeness (QED) is 0.374. The topological polar surface area (TPSA) is 17.1 Å². The number of benzene rings is 2. The fourth-order valence-corrected chi connectivity index (χ4v) is 3.01. The Morgan fingerprint density at radius 2 is 1.65 bits per heavy atom. The Morgan fingerprint density at radius 3 is 2.13 bits per heavy atom. The third kappa shape index (κ3) is 4.14. The van der Waals surface area contributed by atoms with Gasteiger partial charge in [0.25, 0.3) is 0 Å². The Hall–Kier alpha value is -1.81. The second-order valence-corrected chi connectivity index (χ2v) is 6.20. The molecule has 2 atom stereocenters. The molecule has 2 aromatic rings. The van der Waals surface area contributed by atoms with Gasteiger partial charge in [-0.1, -0.05) is 24.1 Å². The van der Waals surface area contributed by atoms with Gasteiger partial charge in [-0.25, -0.2) is 13.2 Å². The van der Waals surface area contributed by atoms with E-state index in [1.165, 1.54) is 30.3 Å². The van der Waals surface area contributed by atoms with Crippen LogP contribution in [0.1, 0.15) is 29.4 Å². The highest BCUT2D eigenvalue weighted by Gasteiger charge is 2.30. The largest absolute Gasteiger partial charge is 0.288 e. The van der Waals surface area contributed by atoms with Crippen molar-refractivity contribution in [3.05, 3.63) is 71.0 Å². The van der Waals surface area contributed by atoms with Gasteiger partial charge in [0, 0.05) is 17.9 Å². The third-order valence-corrected chi connectivity index (χ3v) is 4.00. The first kappa shape index (κ1) is 17.5. The fraction of sp³-hybridized carbons (Fsp3) is 0.167. The van der Waals surface area contributed by atoms with E-state index in [1.807, 2.05) is 0 Å². The van der Waals surface area contributed by atoms with Crippen LogP contribution in [0.4, 0.5) is 13.2 Å². The van der Waals surface area contributed by atoms with Crippen molar-refractivity contribution >= 4 is 26.4 Å². The van der Waals surface area contributed by atoms with Crippen LogP contribution in [-0.4, -0.2) is 3.79 Å². The van der Waals surface area contributed by atoms with Crippen LogP contribution in [0.15, 0.2) is 42.5 Å². The molecule has 0 heterocycles. The van der Waals surface area contributed by atoms with Crippen molar-refractivity contribution in [2.45, 2.75) is 18.3 Å². The van der Waals surface area contributed by atoms with Gasteiger partial charge in [0.1, 0.15) is 17.5 Å². The van der Waals surface area contributed by atoms with Gasteiger partial charge in [-0.3, -0.25) is 4.79 Å². The lowest BCUT2D eigenvalue weighted by Crippen LogP contribution is -2.16. The van der Waals surface area contributed by atoms with Crippen LogP contribution in [0.5, 0.6) is 0 Å². The Kier molecular flexibility index (Phi) is 5.83. The molecule has 2 unspecified atom stereocenters. The first-order chi connectivity index (χ1) is 10.9. The van der Waals surface area contributed by atoms with E-state index < -0.39 is 29.3 Å². The molecule has 0 spiro atoms. The maximum atomic E-state index is 14.1. The molecule has 0 aliphatic heterocycles. The Morgan fingerprint density at radius 1 is 1.09 bits per heavy atom. The van der Waals surface area contributed by atoms with Crippen LogP contribution in [-0.2, 0) is 4.79 Å². The van der Waals surface area contributed by atoms with E-state index in [1.54, 1.807) is 22.6 Å². The minimum absolute atomic E-state index is 0.120. The van der Waals surface area contributed by atoms with Gasteiger partial charge in [-0.2, -0.15) is 0 Å². The van der Waals surface area contributed by atoms with Gasteiger partial charge < -0.3 is 0 Å². The average Bonchev–Trinajstić information content (AvgIpc) is 2.49. The van der Waals surface area contributed by atoms with Gasteiger partial charge in [0.15, 0.2) is 3.79 Å². The molecule has 0 aliphatic rings. The number of carbonyl (C=O) groups excluding carboxylic acids is 1. The van der Waals surface area contributed by atoms with Crippen LogP contribution < -0.4 is 0 Å². The molecule has 0 bridgehead atoms. The Bertz CT molecular complexity index is 730. The molecule has 0 saturated carbocycles. The van der Waals surface area contributed by atoms with Crippen LogP contribution >= 0.6 is 22.6 Å². The van der Waals surface area contributed by atoms with E-state index in [2.05, 4.69) is 5.92 Å².